The molecule has 7 nitrogen and oxygen atoms in total. The van der Waals surface area contributed by atoms with Gasteiger partial charge in [0.15, 0.2) is 0 Å². The van der Waals surface area contributed by atoms with E-state index in [9.17, 15) is 20.0 Å². The van der Waals surface area contributed by atoms with Crippen LogP contribution in [0.2, 0.25) is 0 Å². The Morgan fingerprint density at radius 1 is 1.28 bits per heavy atom. The summed E-state index contributed by atoms with van der Waals surface area (Å²) in [5.41, 5.74) is 1.11. The van der Waals surface area contributed by atoms with E-state index in [0.29, 0.717) is 11.2 Å². The molecule has 3 rings (SSSR count). The molecule has 126 valence electrons. The van der Waals surface area contributed by atoms with Crippen LogP contribution in [0.15, 0.2) is 47.4 Å². The van der Waals surface area contributed by atoms with Crippen LogP contribution in [0, 0.1) is 17.0 Å². The summed E-state index contributed by atoms with van der Waals surface area (Å²) in [4.78, 5) is 26.6. The lowest BCUT2D eigenvalue weighted by Crippen LogP contribution is -2.15. The highest BCUT2D eigenvalue weighted by molar-refractivity contribution is 6.51. The zero-order chi connectivity index (χ0) is 18.1. The molecule has 1 aromatic carbocycles. The fraction of sp³-hybridized carbons (Fsp3) is 0.0588. The number of pyridine rings is 1. The molecule has 0 aliphatic carbocycles. The van der Waals surface area contributed by atoms with Gasteiger partial charge in [-0.15, -0.1) is 0 Å². The molecule has 2 heterocycles. The third-order valence-electron chi connectivity index (χ3n) is 3.53. The molecule has 8 heteroatoms. The summed E-state index contributed by atoms with van der Waals surface area (Å²) in [6.45, 7) is 1.86. The number of aromatic nitrogens is 2. The van der Waals surface area contributed by atoms with Gasteiger partial charge in [-0.2, -0.15) is 0 Å². The lowest BCUT2D eigenvalue weighted by molar-refractivity contribution is -0.398. The molecule has 2 aromatic heterocycles. The Morgan fingerprint density at radius 2 is 2.04 bits per heavy atom. The van der Waals surface area contributed by atoms with Gasteiger partial charge < -0.3 is 5.11 Å². The summed E-state index contributed by atoms with van der Waals surface area (Å²) in [6, 6.07) is 8.43. The molecule has 0 spiro atoms. The summed E-state index contributed by atoms with van der Waals surface area (Å²) in [5, 5.41) is 22.4. The van der Waals surface area contributed by atoms with E-state index in [1.807, 2.05) is 13.0 Å². The van der Waals surface area contributed by atoms with Crippen molar-refractivity contribution in [2.24, 2.45) is 0 Å². The third kappa shape index (κ3) is 3.36. The summed E-state index contributed by atoms with van der Waals surface area (Å²) >= 11 is 6.22. The number of rotatable bonds is 3. The summed E-state index contributed by atoms with van der Waals surface area (Å²) in [6.07, 6.45) is 3.09. The maximum atomic E-state index is 12.2. The van der Waals surface area contributed by atoms with E-state index in [1.54, 1.807) is 12.3 Å². The molecular weight excluding hydrogens is 346 g/mol. The molecular formula is C17H11ClN3O4-. The van der Waals surface area contributed by atoms with Gasteiger partial charge in [0.1, 0.15) is 5.65 Å². The standard InChI is InChI=1S/C17H12ClN3O4/c1-10-2-5-16-19-13(8-17(23)20(16)9-10)12(18)6-11-3-4-15(22)14(7-11)21(24)25/h2-9,22H,1H3/p-1/b12-6-. The summed E-state index contributed by atoms with van der Waals surface area (Å²) in [7, 11) is 0. The Bertz CT molecular complexity index is 1090. The largest absolute Gasteiger partial charge is 0.868 e. The van der Waals surface area contributed by atoms with Gasteiger partial charge in [-0.05, 0) is 35.9 Å². The minimum absolute atomic E-state index is 0.133. The van der Waals surface area contributed by atoms with Gasteiger partial charge in [0, 0.05) is 18.3 Å². The predicted octanol–water partition coefficient (Wildman–Crippen LogP) is 2.72. The van der Waals surface area contributed by atoms with Crippen molar-refractivity contribution in [3.63, 3.8) is 0 Å². The van der Waals surface area contributed by atoms with Crippen molar-refractivity contribution >= 4 is 34.0 Å². The fourth-order valence-corrected chi connectivity index (χ4v) is 2.54. The number of nitro benzene ring substituents is 1. The van der Waals surface area contributed by atoms with Crippen molar-refractivity contribution in [2.75, 3.05) is 0 Å². The first-order valence-electron chi connectivity index (χ1n) is 7.18. The van der Waals surface area contributed by atoms with E-state index in [1.165, 1.54) is 22.6 Å². The highest BCUT2D eigenvalue weighted by Crippen LogP contribution is 2.27. The number of nitro groups is 1. The fourth-order valence-electron chi connectivity index (χ4n) is 2.32. The van der Waals surface area contributed by atoms with Crippen LogP contribution in [0.25, 0.3) is 16.8 Å². The molecule has 0 aliphatic rings. The van der Waals surface area contributed by atoms with Crippen LogP contribution in [0.4, 0.5) is 5.69 Å². The van der Waals surface area contributed by atoms with Crippen molar-refractivity contribution in [1.82, 2.24) is 9.38 Å². The Kier molecular flexibility index (Phi) is 4.24. The molecule has 0 radical (unpaired) electrons. The second kappa shape index (κ2) is 6.37. The van der Waals surface area contributed by atoms with Gasteiger partial charge in [0.25, 0.3) is 11.2 Å². The Balaban J connectivity index is 2.07. The zero-order valence-electron chi connectivity index (χ0n) is 13.0. The van der Waals surface area contributed by atoms with E-state index in [0.717, 1.165) is 17.7 Å². The van der Waals surface area contributed by atoms with Crippen LogP contribution in [0.1, 0.15) is 16.8 Å². The average molecular weight is 357 g/mol. The molecule has 0 saturated heterocycles. The van der Waals surface area contributed by atoms with Crippen LogP contribution < -0.4 is 10.7 Å². The van der Waals surface area contributed by atoms with Gasteiger partial charge in [0.2, 0.25) is 0 Å². The summed E-state index contributed by atoms with van der Waals surface area (Å²) in [5.74, 6) is -0.685. The van der Waals surface area contributed by atoms with E-state index < -0.39 is 16.4 Å². The quantitative estimate of drug-likeness (QED) is 0.530. The number of benzene rings is 1. The Hall–Kier alpha value is -3.19. The van der Waals surface area contributed by atoms with E-state index in [2.05, 4.69) is 4.98 Å². The van der Waals surface area contributed by atoms with Crippen molar-refractivity contribution in [1.29, 1.82) is 0 Å². The minimum Gasteiger partial charge on any atom is -0.868 e. The van der Waals surface area contributed by atoms with Crippen LogP contribution in [0.3, 0.4) is 0 Å². The van der Waals surface area contributed by atoms with Gasteiger partial charge in [0.05, 0.1) is 15.6 Å². The first-order chi connectivity index (χ1) is 11.8. The Labute approximate surface area is 146 Å². The SMILES string of the molecule is Cc1ccc2nc(/C(Cl)=C/c3ccc([O-])c([N+](=O)[O-])c3)cc(=O)n2c1. The molecule has 0 amide bonds. The molecule has 0 atom stereocenters. The van der Waals surface area contributed by atoms with Crippen LogP contribution in [-0.2, 0) is 0 Å². The minimum atomic E-state index is -0.753. The molecule has 25 heavy (non-hydrogen) atoms. The van der Waals surface area contributed by atoms with Crippen molar-refractivity contribution in [3.05, 3.63) is 79.9 Å². The average Bonchev–Trinajstić information content (AvgIpc) is 2.56. The highest BCUT2D eigenvalue weighted by atomic mass is 35.5. The van der Waals surface area contributed by atoms with Crippen molar-refractivity contribution in [2.45, 2.75) is 6.92 Å². The van der Waals surface area contributed by atoms with Crippen LogP contribution >= 0.6 is 11.6 Å². The number of nitrogens with zero attached hydrogens (tertiary/aromatic N) is 3. The van der Waals surface area contributed by atoms with Gasteiger partial charge >= 0.3 is 0 Å². The number of aryl methyl sites for hydroxylation is 1. The molecule has 0 unspecified atom stereocenters. The van der Waals surface area contributed by atoms with E-state index >= 15 is 0 Å². The van der Waals surface area contributed by atoms with E-state index in [-0.39, 0.29) is 16.3 Å². The van der Waals surface area contributed by atoms with Crippen LogP contribution in [0.5, 0.6) is 5.75 Å². The predicted molar refractivity (Wildman–Crippen MR) is 92.5 cm³/mol. The van der Waals surface area contributed by atoms with Crippen LogP contribution in [-0.4, -0.2) is 14.3 Å². The maximum absolute atomic E-state index is 12.2. The lowest BCUT2D eigenvalue weighted by Gasteiger charge is -2.07. The normalized spacial score (nSPS) is 11.7. The maximum Gasteiger partial charge on any atom is 0.262 e. The molecule has 0 saturated carbocycles. The van der Waals surface area contributed by atoms with Crippen molar-refractivity contribution < 1.29 is 10.0 Å². The summed E-state index contributed by atoms with van der Waals surface area (Å²) < 4.78 is 1.40. The monoisotopic (exact) mass is 356 g/mol. The number of hydrogen-bond donors (Lipinski definition) is 0. The van der Waals surface area contributed by atoms with Crippen molar-refractivity contribution in [3.8, 4) is 5.75 Å². The first kappa shape index (κ1) is 16.7. The first-order valence-corrected chi connectivity index (χ1v) is 7.56. The number of halogens is 1. The third-order valence-corrected chi connectivity index (χ3v) is 3.83. The van der Waals surface area contributed by atoms with Gasteiger partial charge in [-0.3, -0.25) is 19.3 Å². The molecule has 0 bridgehead atoms. The second-order valence-corrected chi connectivity index (χ2v) is 5.80. The molecule has 0 aliphatic heterocycles. The number of fused-ring (bicyclic) bond motifs is 1. The molecule has 0 N–H and O–H groups in total. The van der Waals surface area contributed by atoms with Gasteiger partial charge in [-0.25, -0.2) is 4.98 Å². The smallest absolute Gasteiger partial charge is 0.262 e. The van der Waals surface area contributed by atoms with Gasteiger partial charge in [-0.1, -0.05) is 29.8 Å². The lowest BCUT2D eigenvalue weighted by atomic mass is 10.1. The zero-order valence-corrected chi connectivity index (χ0v) is 13.7. The highest BCUT2D eigenvalue weighted by Gasteiger charge is 2.09. The Morgan fingerprint density at radius 3 is 2.76 bits per heavy atom. The molecule has 0 fully saturated rings. The number of hydrogen-bond acceptors (Lipinski definition) is 5. The topological polar surface area (TPSA) is 101 Å². The molecule has 3 aromatic rings. The second-order valence-electron chi connectivity index (χ2n) is 5.39. The van der Waals surface area contributed by atoms with E-state index in [4.69, 9.17) is 11.6 Å².